The summed E-state index contributed by atoms with van der Waals surface area (Å²) in [5, 5.41) is 12.3. The third kappa shape index (κ3) is 4.07. The van der Waals surface area contributed by atoms with Crippen LogP contribution in [0.25, 0.3) is 0 Å². The van der Waals surface area contributed by atoms with Crippen molar-refractivity contribution < 1.29 is 9.53 Å². The van der Waals surface area contributed by atoms with Crippen LogP contribution in [0.2, 0.25) is 0 Å². The highest BCUT2D eigenvalue weighted by Crippen LogP contribution is 2.33. The topological polar surface area (TPSA) is 65.4 Å². The molecule has 2 unspecified atom stereocenters. The molecule has 1 saturated heterocycles. The van der Waals surface area contributed by atoms with Crippen molar-refractivity contribution in [2.75, 3.05) is 20.2 Å². The van der Waals surface area contributed by atoms with E-state index in [4.69, 9.17) is 4.74 Å². The van der Waals surface area contributed by atoms with Crippen LogP contribution in [0.4, 0.5) is 0 Å². The summed E-state index contributed by atoms with van der Waals surface area (Å²) in [5.74, 6) is 0.794. The number of nitriles is 1. The van der Waals surface area contributed by atoms with Gasteiger partial charge >= 0.3 is 0 Å². The Kier molecular flexibility index (Phi) is 5.84. The number of methoxy groups -OCH3 is 1. The second kappa shape index (κ2) is 7.67. The fourth-order valence-corrected chi connectivity index (χ4v) is 3.06. The first-order chi connectivity index (χ1) is 11.4. The Balaban J connectivity index is 2.06. The molecule has 0 radical (unpaired) electrons. The van der Waals surface area contributed by atoms with Crippen molar-refractivity contribution in [1.29, 1.82) is 5.26 Å². The Morgan fingerprint density at radius 1 is 1.54 bits per heavy atom. The number of nitrogens with zero attached hydrogens (tertiary/aromatic N) is 2. The summed E-state index contributed by atoms with van der Waals surface area (Å²) >= 11 is 0. The van der Waals surface area contributed by atoms with E-state index in [1.807, 2.05) is 32.0 Å². The second-order valence-electron chi connectivity index (χ2n) is 6.92. The van der Waals surface area contributed by atoms with E-state index in [1.54, 1.807) is 14.0 Å². The van der Waals surface area contributed by atoms with E-state index in [0.717, 1.165) is 25.1 Å². The molecule has 1 amide bonds. The maximum absolute atomic E-state index is 12.4. The molecule has 0 saturated carbocycles. The molecule has 1 heterocycles. The zero-order valence-corrected chi connectivity index (χ0v) is 15.0. The van der Waals surface area contributed by atoms with Crippen molar-refractivity contribution in [3.05, 3.63) is 29.8 Å². The molecule has 1 aliphatic rings. The van der Waals surface area contributed by atoms with E-state index in [0.29, 0.717) is 6.54 Å². The molecule has 1 aromatic rings. The first-order valence-corrected chi connectivity index (χ1v) is 8.50. The van der Waals surface area contributed by atoms with Gasteiger partial charge in [0.15, 0.2) is 0 Å². The van der Waals surface area contributed by atoms with E-state index < -0.39 is 5.54 Å². The smallest absolute Gasteiger partial charge is 0.235 e. The van der Waals surface area contributed by atoms with Gasteiger partial charge in [-0.3, -0.25) is 9.69 Å². The first-order valence-electron chi connectivity index (χ1n) is 8.50. The maximum atomic E-state index is 12.4. The predicted octanol–water partition coefficient (Wildman–Crippen LogP) is 2.89. The van der Waals surface area contributed by atoms with Crippen LogP contribution in [0.15, 0.2) is 24.3 Å². The lowest BCUT2D eigenvalue weighted by molar-refractivity contribution is -0.124. The molecule has 0 spiro atoms. The van der Waals surface area contributed by atoms with Crippen LogP contribution in [0.3, 0.4) is 0 Å². The minimum atomic E-state index is -0.831. The third-order valence-electron chi connectivity index (χ3n) is 4.97. The summed E-state index contributed by atoms with van der Waals surface area (Å²) in [6, 6.07) is 10.5. The van der Waals surface area contributed by atoms with E-state index in [1.165, 1.54) is 5.56 Å². The summed E-state index contributed by atoms with van der Waals surface area (Å²) in [6.45, 7) is 6.86. The average molecular weight is 329 g/mol. The Morgan fingerprint density at radius 3 is 2.92 bits per heavy atom. The number of ether oxygens (including phenoxy) is 1. The van der Waals surface area contributed by atoms with Gasteiger partial charge in [0.25, 0.3) is 0 Å². The van der Waals surface area contributed by atoms with Crippen LogP contribution >= 0.6 is 0 Å². The van der Waals surface area contributed by atoms with E-state index in [-0.39, 0.29) is 17.9 Å². The largest absolute Gasteiger partial charge is 0.497 e. The molecule has 1 N–H and O–H groups in total. The number of nitrogens with one attached hydrogen (secondary N) is 1. The van der Waals surface area contributed by atoms with Crippen LogP contribution in [0.5, 0.6) is 5.75 Å². The first kappa shape index (κ1) is 18.3. The van der Waals surface area contributed by atoms with E-state index >= 15 is 0 Å². The van der Waals surface area contributed by atoms with Crippen molar-refractivity contribution in [3.8, 4) is 11.8 Å². The Morgan fingerprint density at radius 2 is 2.29 bits per heavy atom. The Labute approximate surface area is 144 Å². The van der Waals surface area contributed by atoms with Crippen molar-refractivity contribution in [2.24, 2.45) is 5.92 Å². The summed E-state index contributed by atoms with van der Waals surface area (Å²) in [4.78, 5) is 14.6. The number of amides is 1. The van der Waals surface area contributed by atoms with Crippen molar-refractivity contribution in [2.45, 2.75) is 45.2 Å². The summed E-state index contributed by atoms with van der Waals surface area (Å²) in [5.41, 5.74) is 0.342. The zero-order valence-electron chi connectivity index (χ0n) is 15.0. The third-order valence-corrected chi connectivity index (χ3v) is 4.97. The van der Waals surface area contributed by atoms with Crippen LogP contribution in [0.1, 0.15) is 45.2 Å². The van der Waals surface area contributed by atoms with Crippen LogP contribution < -0.4 is 10.1 Å². The molecule has 5 nitrogen and oxygen atoms in total. The van der Waals surface area contributed by atoms with Gasteiger partial charge in [-0.15, -0.1) is 0 Å². The molecule has 2 atom stereocenters. The Bertz CT molecular complexity index is 623. The van der Waals surface area contributed by atoms with Gasteiger partial charge in [-0.1, -0.05) is 26.0 Å². The predicted molar refractivity (Wildman–Crippen MR) is 93.5 cm³/mol. The molecule has 0 aliphatic carbocycles. The molecule has 0 bridgehead atoms. The number of hydrogen-bond donors (Lipinski definition) is 1. The lowest BCUT2D eigenvalue weighted by Gasteiger charge is -2.30. The molecule has 5 heteroatoms. The fourth-order valence-electron chi connectivity index (χ4n) is 3.06. The standard InChI is InChI=1S/C19H27N3O2/c1-14(2)19(3,13-20)21-18(23)12-22-10-6-9-17(22)15-7-5-8-16(11-15)24-4/h5,7-8,11,14,17H,6,9-10,12H2,1-4H3,(H,21,23). The number of carbonyl (C=O) groups excluding carboxylic acids is 1. The summed E-state index contributed by atoms with van der Waals surface area (Å²) < 4.78 is 5.30. The van der Waals surface area contributed by atoms with Crippen molar-refractivity contribution in [3.63, 3.8) is 0 Å². The van der Waals surface area contributed by atoms with E-state index in [9.17, 15) is 10.1 Å². The minimum absolute atomic E-state index is 0.0548. The van der Waals surface area contributed by atoms with Gasteiger partial charge in [0.05, 0.1) is 19.7 Å². The van der Waals surface area contributed by atoms with E-state index in [2.05, 4.69) is 22.4 Å². The van der Waals surface area contributed by atoms with Crippen molar-refractivity contribution >= 4 is 5.91 Å². The molecule has 1 aliphatic heterocycles. The number of carbonyl (C=O) groups is 1. The second-order valence-corrected chi connectivity index (χ2v) is 6.92. The molecule has 1 fully saturated rings. The van der Waals surface area contributed by atoms with Gasteiger partial charge in [-0.2, -0.15) is 5.26 Å². The SMILES string of the molecule is COc1cccc(C2CCCN2CC(=O)NC(C)(C#N)C(C)C)c1. The molecule has 0 aromatic heterocycles. The lowest BCUT2D eigenvalue weighted by Crippen LogP contribution is -2.51. The fraction of sp³-hybridized carbons (Fsp3) is 0.579. The number of benzene rings is 1. The normalized spacial score (nSPS) is 20.4. The highest BCUT2D eigenvalue weighted by atomic mass is 16.5. The minimum Gasteiger partial charge on any atom is -0.497 e. The van der Waals surface area contributed by atoms with Gasteiger partial charge in [0.2, 0.25) is 5.91 Å². The van der Waals surface area contributed by atoms with Gasteiger partial charge in [0, 0.05) is 6.04 Å². The van der Waals surface area contributed by atoms with Gasteiger partial charge in [-0.25, -0.2) is 0 Å². The monoisotopic (exact) mass is 329 g/mol. The molecular formula is C19H27N3O2. The van der Waals surface area contributed by atoms with Gasteiger partial charge in [0.1, 0.15) is 11.3 Å². The summed E-state index contributed by atoms with van der Waals surface area (Å²) in [6.07, 6.45) is 2.09. The molecular weight excluding hydrogens is 302 g/mol. The Hall–Kier alpha value is -2.06. The average Bonchev–Trinajstić information content (AvgIpc) is 3.02. The maximum Gasteiger partial charge on any atom is 0.235 e. The van der Waals surface area contributed by atoms with Gasteiger partial charge in [-0.05, 0) is 49.9 Å². The number of hydrogen-bond acceptors (Lipinski definition) is 4. The van der Waals surface area contributed by atoms with Crippen molar-refractivity contribution in [1.82, 2.24) is 10.2 Å². The van der Waals surface area contributed by atoms with Crippen LogP contribution in [0, 0.1) is 17.2 Å². The zero-order chi connectivity index (χ0) is 17.7. The molecule has 24 heavy (non-hydrogen) atoms. The number of rotatable bonds is 6. The highest BCUT2D eigenvalue weighted by molar-refractivity contribution is 5.79. The quantitative estimate of drug-likeness (QED) is 0.871. The number of likely N-dealkylation sites (tertiary alicyclic amines) is 1. The van der Waals surface area contributed by atoms with Crippen LogP contribution in [-0.4, -0.2) is 36.5 Å². The van der Waals surface area contributed by atoms with Crippen LogP contribution in [-0.2, 0) is 4.79 Å². The molecule has 1 aromatic carbocycles. The molecule has 130 valence electrons. The van der Waals surface area contributed by atoms with Gasteiger partial charge < -0.3 is 10.1 Å². The highest BCUT2D eigenvalue weighted by Gasteiger charge is 2.33. The lowest BCUT2D eigenvalue weighted by atomic mass is 9.90. The molecule has 2 rings (SSSR count). The summed E-state index contributed by atoms with van der Waals surface area (Å²) in [7, 11) is 1.66.